The summed E-state index contributed by atoms with van der Waals surface area (Å²) in [5, 5.41) is 9.81. The van der Waals surface area contributed by atoms with Gasteiger partial charge in [-0.25, -0.2) is 17.2 Å². The van der Waals surface area contributed by atoms with Crippen LogP contribution in [0.3, 0.4) is 0 Å². The summed E-state index contributed by atoms with van der Waals surface area (Å²) in [5.74, 6) is 0. The number of aldehydes is 1. The van der Waals surface area contributed by atoms with E-state index in [-0.39, 0.29) is 4.90 Å². The molecule has 1 amide bonds. The molecule has 2 heterocycles. The number of carboxylic acid groups (broad SMARTS) is 1. The van der Waals surface area contributed by atoms with Gasteiger partial charge in [0.05, 0.1) is 16.1 Å². The van der Waals surface area contributed by atoms with E-state index < -0.39 is 16.1 Å². The maximum atomic E-state index is 13.2. The lowest BCUT2D eigenvalue weighted by Crippen LogP contribution is -2.48. The van der Waals surface area contributed by atoms with Gasteiger partial charge < -0.3 is 14.9 Å². The highest BCUT2D eigenvalue weighted by Crippen LogP contribution is 2.33. The van der Waals surface area contributed by atoms with Crippen LogP contribution in [0, 0.1) is 6.92 Å². The van der Waals surface area contributed by atoms with Crippen molar-refractivity contribution in [1.82, 2.24) is 8.87 Å². The molecule has 30 heavy (non-hydrogen) atoms. The van der Waals surface area contributed by atoms with Crippen LogP contribution in [0.25, 0.3) is 10.9 Å². The zero-order chi connectivity index (χ0) is 21.5. The molecule has 1 aliphatic rings. The molecule has 1 saturated heterocycles. The van der Waals surface area contributed by atoms with Crippen molar-refractivity contribution in [1.29, 1.82) is 0 Å². The largest absolute Gasteiger partial charge is 0.465 e. The first-order chi connectivity index (χ1) is 14.3. The number of piperazine rings is 1. The summed E-state index contributed by atoms with van der Waals surface area (Å²) >= 11 is 0. The van der Waals surface area contributed by atoms with E-state index in [0.717, 1.165) is 11.8 Å². The summed E-state index contributed by atoms with van der Waals surface area (Å²) in [6, 6.07) is 11.6. The third-order valence-electron chi connectivity index (χ3n) is 5.41. The summed E-state index contributed by atoms with van der Waals surface area (Å²) in [6.07, 6.45) is 1.26. The van der Waals surface area contributed by atoms with Gasteiger partial charge in [-0.3, -0.25) is 4.79 Å². The van der Waals surface area contributed by atoms with Gasteiger partial charge in [0, 0.05) is 43.3 Å². The molecule has 8 nitrogen and oxygen atoms in total. The van der Waals surface area contributed by atoms with E-state index in [1.807, 2.05) is 11.8 Å². The summed E-state index contributed by atoms with van der Waals surface area (Å²) in [6.45, 7) is 3.35. The van der Waals surface area contributed by atoms with Crippen molar-refractivity contribution in [3.8, 4) is 0 Å². The number of amides is 1. The van der Waals surface area contributed by atoms with Gasteiger partial charge >= 0.3 is 6.09 Å². The molecule has 156 valence electrons. The average molecular weight is 427 g/mol. The molecule has 9 heteroatoms. The Bertz CT molecular complexity index is 1220. The second-order valence-electron chi connectivity index (χ2n) is 7.24. The molecule has 1 aliphatic heterocycles. The van der Waals surface area contributed by atoms with Crippen LogP contribution in [-0.2, 0) is 10.0 Å². The zero-order valence-corrected chi connectivity index (χ0v) is 17.2. The van der Waals surface area contributed by atoms with Crippen LogP contribution in [0.15, 0.2) is 53.6 Å². The third kappa shape index (κ3) is 3.30. The third-order valence-corrected chi connectivity index (χ3v) is 7.11. The van der Waals surface area contributed by atoms with Gasteiger partial charge in [-0.15, -0.1) is 0 Å². The van der Waals surface area contributed by atoms with Crippen LogP contribution in [0.2, 0.25) is 0 Å². The van der Waals surface area contributed by atoms with E-state index in [2.05, 4.69) is 0 Å². The Morgan fingerprint density at radius 1 is 1.00 bits per heavy atom. The average Bonchev–Trinajstić information content (AvgIpc) is 3.18. The number of carbonyl (C=O) groups excluding carboxylic acids is 1. The van der Waals surface area contributed by atoms with Crippen molar-refractivity contribution in [3.63, 3.8) is 0 Å². The van der Waals surface area contributed by atoms with Crippen LogP contribution >= 0.6 is 0 Å². The number of fused-ring (bicyclic) bond motifs is 1. The fourth-order valence-electron chi connectivity index (χ4n) is 3.80. The lowest BCUT2D eigenvalue weighted by atomic mass is 10.1. The molecule has 0 atom stereocenters. The fourth-order valence-corrected chi connectivity index (χ4v) is 5.14. The first-order valence-corrected chi connectivity index (χ1v) is 10.9. The van der Waals surface area contributed by atoms with Crippen molar-refractivity contribution >= 4 is 39.0 Å². The van der Waals surface area contributed by atoms with Gasteiger partial charge in [0.1, 0.15) is 0 Å². The Morgan fingerprint density at radius 3 is 2.27 bits per heavy atom. The van der Waals surface area contributed by atoms with Gasteiger partial charge in [-0.2, -0.15) is 0 Å². The molecule has 2 aromatic carbocycles. The van der Waals surface area contributed by atoms with E-state index in [4.69, 9.17) is 5.11 Å². The number of anilines is 1. The molecule has 0 spiro atoms. The van der Waals surface area contributed by atoms with Crippen molar-refractivity contribution in [3.05, 3.63) is 59.8 Å². The predicted octanol–water partition coefficient (Wildman–Crippen LogP) is 2.80. The molecule has 1 aromatic heterocycles. The van der Waals surface area contributed by atoms with E-state index in [0.29, 0.717) is 48.3 Å². The van der Waals surface area contributed by atoms with Crippen molar-refractivity contribution < 1.29 is 23.1 Å². The first kappa shape index (κ1) is 20.0. The number of aryl methyl sites for hydroxylation is 1. The highest BCUT2D eigenvalue weighted by Gasteiger charge is 2.26. The molecule has 0 bridgehead atoms. The Morgan fingerprint density at radius 2 is 1.67 bits per heavy atom. The maximum Gasteiger partial charge on any atom is 0.407 e. The molecule has 3 aromatic rings. The molecule has 0 radical (unpaired) electrons. The smallest absolute Gasteiger partial charge is 0.407 e. The number of benzene rings is 2. The molecule has 0 aliphatic carbocycles. The zero-order valence-electron chi connectivity index (χ0n) is 16.4. The van der Waals surface area contributed by atoms with Crippen LogP contribution in [0.4, 0.5) is 10.5 Å². The van der Waals surface area contributed by atoms with Crippen LogP contribution < -0.4 is 4.90 Å². The number of rotatable bonds is 4. The quantitative estimate of drug-likeness (QED) is 0.643. The van der Waals surface area contributed by atoms with Gasteiger partial charge in [-0.05, 0) is 37.3 Å². The van der Waals surface area contributed by atoms with Crippen molar-refractivity contribution in [2.75, 3.05) is 31.1 Å². The highest BCUT2D eigenvalue weighted by atomic mass is 32.2. The number of carbonyl (C=O) groups is 2. The second kappa shape index (κ2) is 7.49. The minimum absolute atomic E-state index is 0.182. The van der Waals surface area contributed by atoms with E-state index in [1.165, 1.54) is 15.1 Å². The van der Waals surface area contributed by atoms with Crippen LogP contribution in [0.5, 0.6) is 0 Å². The molecule has 4 rings (SSSR count). The highest BCUT2D eigenvalue weighted by molar-refractivity contribution is 7.90. The van der Waals surface area contributed by atoms with Gasteiger partial charge in [-0.1, -0.05) is 17.7 Å². The summed E-state index contributed by atoms with van der Waals surface area (Å²) in [7, 11) is -3.80. The molecule has 0 unspecified atom stereocenters. The van der Waals surface area contributed by atoms with E-state index >= 15 is 0 Å². The second-order valence-corrected chi connectivity index (χ2v) is 9.06. The summed E-state index contributed by atoms with van der Waals surface area (Å²) in [4.78, 5) is 26.3. The summed E-state index contributed by atoms with van der Waals surface area (Å²) in [5.41, 5.74) is 2.50. The fraction of sp³-hybridized carbons (Fsp3) is 0.238. The van der Waals surface area contributed by atoms with Gasteiger partial charge in [0.2, 0.25) is 0 Å². The Hall–Kier alpha value is -3.33. The molecular weight excluding hydrogens is 406 g/mol. The predicted molar refractivity (Wildman–Crippen MR) is 113 cm³/mol. The molecule has 1 N–H and O–H groups in total. The van der Waals surface area contributed by atoms with Crippen molar-refractivity contribution in [2.24, 2.45) is 0 Å². The lowest BCUT2D eigenvalue weighted by Gasteiger charge is -2.35. The van der Waals surface area contributed by atoms with Crippen molar-refractivity contribution in [2.45, 2.75) is 11.8 Å². The first-order valence-electron chi connectivity index (χ1n) is 9.47. The number of aromatic nitrogens is 1. The van der Waals surface area contributed by atoms with Crippen LogP contribution in [-0.4, -0.2) is 61.0 Å². The van der Waals surface area contributed by atoms with E-state index in [1.54, 1.807) is 42.5 Å². The maximum absolute atomic E-state index is 13.2. The molecule has 1 fully saturated rings. The standard InChI is InChI=1S/C21H21N3O5S/c1-15-2-5-17(6-3-15)30(28,29)24-9-8-18-19(24)7-4-16(14-25)20(18)22-10-12-23(13-11-22)21(26)27/h2-9,14H,10-13H2,1H3,(H,26,27). The number of hydrogen-bond acceptors (Lipinski definition) is 5. The molecule has 0 saturated carbocycles. The van der Waals surface area contributed by atoms with E-state index in [9.17, 15) is 18.0 Å². The van der Waals surface area contributed by atoms with Gasteiger partial charge in [0.15, 0.2) is 6.29 Å². The minimum Gasteiger partial charge on any atom is -0.465 e. The minimum atomic E-state index is -3.80. The van der Waals surface area contributed by atoms with Crippen LogP contribution in [0.1, 0.15) is 15.9 Å². The topological polar surface area (TPSA) is 99.9 Å². The Labute approximate surface area is 174 Å². The number of nitrogens with zero attached hydrogens (tertiary/aromatic N) is 3. The number of hydrogen-bond donors (Lipinski definition) is 1. The Kier molecular flexibility index (Phi) is 4.98. The SMILES string of the molecule is Cc1ccc(S(=O)(=O)n2ccc3c(N4CCN(C(=O)O)CC4)c(C=O)ccc32)cc1. The summed E-state index contributed by atoms with van der Waals surface area (Å²) < 4.78 is 27.6. The Balaban J connectivity index is 1.80. The monoisotopic (exact) mass is 427 g/mol. The lowest BCUT2D eigenvalue weighted by molar-refractivity contribution is 0.112. The van der Waals surface area contributed by atoms with Gasteiger partial charge in [0.25, 0.3) is 10.0 Å². The molecular formula is C21H21N3O5S. The normalized spacial score (nSPS) is 14.8.